The topological polar surface area (TPSA) is 84.7 Å². The maximum Gasteiger partial charge on any atom is 0.146 e. The second-order valence-electron chi connectivity index (χ2n) is 19.1. The number of fused-ring (bicyclic) bond motifs is 3. The molecular weight excluding hydrogens is 789 g/mol. The van der Waals surface area contributed by atoms with Crippen LogP contribution in [0.4, 0.5) is 0 Å². The van der Waals surface area contributed by atoms with Crippen LogP contribution in [0.25, 0.3) is 39.2 Å². The number of hydrogen-bond donors (Lipinski definition) is 2. The van der Waals surface area contributed by atoms with Crippen molar-refractivity contribution in [3.05, 3.63) is 135 Å². The second kappa shape index (κ2) is 19.2. The minimum atomic E-state index is -0.253. The van der Waals surface area contributed by atoms with Gasteiger partial charge in [-0.3, -0.25) is 9.97 Å². The van der Waals surface area contributed by atoms with Crippen LogP contribution in [0.1, 0.15) is 143 Å². The molecule has 332 valence electrons. The number of hydrogen-bond acceptors (Lipinski definition) is 6. The van der Waals surface area contributed by atoms with Crippen LogP contribution >= 0.6 is 0 Å². The maximum absolute atomic E-state index is 12.3. The Morgan fingerprint density at radius 2 is 1.11 bits per heavy atom. The van der Waals surface area contributed by atoms with Crippen LogP contribution in [-0.2, 0) is 25.7 Å². The predicted molar refractivity (Wildman–Crippen MR) is 261 cm³/mol. The second-order valence-corrected chi connectivity index (χ2v) is 19.1. The molecule has 3 aromatic carbocycles. The van der Waals surface area contributed by atoms with Gasteiger partial charge in [0.1, 0.15) is 34.4 Å². The first-order valence-electron chi connectivity index (χ1n) is 24.3. The zero-order valence-electron chi connectivity index (χ0n) is 38.6. The Morgan fingerprint density at radius 3 is 1.73 bits per heavy atom. The molecule has 6 heteroatoms. The molecule has 5 aromatic rings. The summed E-state index contributed by atoms with van der Waals surface area (Å²) >= 11 is 0. The summed E-state index contributed by atoms with van der Waals surface area (Å²) < 4.78 is 13.4. The van der Waals surface area contributed by atoms with Gasteiger partial charge in [0.2, 0.25) is 0 Å². The third-order valence-electron chi connectivity index (χ3n) is 14.1. The highest BCUT2D eigenvalue weighted by atomic mass is 16.5. The summed E-state index contributed by atoms with van der Waals surface area (Å²) in [6, 6.07) is 18.5. The van der Waals surface area contributed by atoms with Gasteiger partial charge in [-0.25, -0.2) is 0 Å². The molecule has 6 nitrogen and oxygen atoms in total. The van der Waals surface area contributed by atoms with Crippen molar-refractivity contribution in [1.82, 2.24) is 9.97 Å². The summed E-state index contributed by atoms with van der Waals surface area (Å²) in [6.45, 7) is 12.9. The van der Waals surface area contributed by atoms with Crippen molar-refractivity contribution >= 4 is 5.57 Å². The van der Waals surface area contributed by atoms with Gasteiger partial charge in [-0.1, -0.05) is 25.1 Å². The summed E-state index contributed by atoms with van der Waals surface area (Å²) in [7, 11) is 0. The molecule has 2 heterocycles. The first-order chi connectivity index (χ1) is 31.1. The quantitative estimate of drug-likeness (QED) is 0.146. The van der Waals surface area contributed by atoms with E-state index in [1.807, 2.05) is 36.4 Å². The molecule has 9 rings (SSSR count). The van der Waals surface area contributed by atoms with Gasteiger partial charge in [-0.2, -0.15) is 0 Å². The largest absolute Gasteiger partial charge is 0.507 e. The molecule has 1 saturated carbocycles. The lowest BCUT2D eigenvalue weighted by molar-refractivity contribution is 0.131. The lowest BCUT2D eigenvalue weighted by Crippen LogP contribution is -2.23. The van der Waals surface area contributed by atoms with Crippen molar-refractivity contribution in [2.75, 3.05) is 0 Å². The molecular formula is C58H66N2O4. The van der Waals surface area contributed by atoms with Crippen molar-refractivity contribution in [3.63, 3.8) is 0 Å². The third kappa shape index (κ3) is 9.03. The van der Waals surface area contributed by atoms with Gasteiger partial charge in [0.15, 0.2) is 0 Å². The lowest BCUT2D eigenvalue weighted by atomic mass is 9.76. The average molecular weight is 855 g/mol. The van der Waals surface area contributed by atoms with Gasteiger partial charge < -0.3 is 19.7 Å². The number of phenolic OH excluding ortho intramolecular Hbond substituents is 2. The molecule has 0 saturated heterocycles. The van der Waals surface area contributed by atoms with Crippen LogP contribution in [0.2, 0.25) is 0 Å². The Morgan fingerprint density at radius 1 is 0.594 bits per heavy atom. The fourth-order valence-corrected chi connectivity index (χ4v) is 11.2. The van der Waals surface area contributed by atoms with E-state index in [0.29, 0.717) is 40.4 Å². The number of allylic oxidation sites excluding steroid dienone is 5. The summed E-state index contributed by atoms with van der Waals surface area (Å²) in [5.74, 6) is 1.73. The highest BCUT2D eigenvalue weighted by molar-refractivity contribution is 5.91. The minimum absolute atomic E-state index is 0.225. The van der Waals surface area contributed by atoms with Gasteiger partial charge >= 0.3 is 0 Å². The lowest BCUT2D eigenvalue weighted by Gasteiger charge is -2.28. The van der Waals surface area contributed by atoms with Crippen LogP contribution in [-0.4, -0.2) is 32.4 Å². The third-order valence-corrected chi connectivity index (χ3v) is 14.1. The molecule has 0 radical (unpaired) electrons. The molecule has 2 N–H and O–H groups in total. The summed E-state index contributed by atoms with van der Waals surface area (Å²) in [6.07, 6.45) is 25.2. The standard InChI is InChI=1S/C58H66N2O4/c1-36-30-47(53-38(3)18-8-6-7-9-19-41-20-10-13-23-44(41)53)57(61)49(32-36)55-51(26-16-28-59-55)63-39(4)34-40(5)64-52-27-17-29-60-56(52)50-33-37(2)31-48(58(50)62)54-45-24-14-11-21-42(45)35-43-22-12-15-25-46(43)54/h16-17,19,26-33,35,39-40,61-62H,3,6-15,18,20-25,34H2,1-2,4-5H3/b41-19-,53-44?/t39-,40?/m0/s1. The van der Waals surface area contributed by atoms with E-state index in [4.69, 9.17) is 19.4 Å². The number of aromatic nitrogens is 2. The number of pyridine rings is 2. The highest BCUT2D eigenvalue weighted by Gasteiger charge is 2.28. The molecule has 64 heavy (non-hydrogen) atoms. The summed E-state index contributed by atoms with van der Waals surface area (Å²) in [4.78, 5) is 9.68. The van der Waals surface area contributed by atoms with E-state index in [2.05, 4.69) is 58.5 Å². The SMILES string of the molecule is C=C1CCCCC/C=C2/CCCCC2=C1c1cc(C)cc(-c2ncccc2O[C@@H](C)CC(C)Oc2cccnc2-c2cc(C)cc(-c3c4c(cc5c3CCCC5)CCCC4)c2O)c1O. The Bertz CT molecular complexity index is 2600. The molecule has 2 atom stereocenters. The number of ether oxygens (including phenoxy) is 2. The van der Waals surface area contributed by atoms with Gasteiger partial charge in [0.05, 0.1) is 12.2 Å². The van der Waals surface area contributed by atoms with E-state index in [1.54, 1.807) is 12.4 Å². The molecule has 4 aliphatic rings. The maximum atomic E-state index is 12.3. The molecule has 4 aliphatic carbocycles. The van der Waals surface area contributed by atoms with Crippen molar-refractivity contribution in [1.29, 1.82) is 0 Å². The molecule has 0 aliphatic heterocycles. The first kappa shape index (κ1) is 43.6. The normalized spacial score (nSPS) is 18.5. The number of aryl methyl sites for hydroxylation is 4. The minimum Gasteiger partial charge on any atom is -0.507 e. The van der Waals surface area contributed by atoms with Crippen molar-refractivity contribution < 1.29 is 19.7 Å². The Kier molecular flexibility index (Phi) is 13.1. The number of aromatic hydroxyl groups is 2. The van der Waals surface area contributed by atoms with Crippen LogP contribution in [0.3, 0.4) is 0 Å². The van der Waals surface area contributed by atoms with Crippen LogP contribution in [0, 0.1) is 13.8 Å². The molecule has 0 spiro atoms. The molecule has 0 amide bonds. The fraction of sp³-hybridized carbons (Fsp3) is 0.414. The smallest absolute Gasteiger partial charge is 0.146 e. The first-order valence-corrected chi connectivity index (χ1v) is 24.3. The van der Waals surface area contributed by atoms with Gasteiger partial charge in [0.25, 0.3) is 0 Å². The van der Waals surface area contributed by atoms with E-state index < -0.39 is 0 Å². The predicted octanol–water partition coefficient (Wildman–Crippen LogP) is 14.7. The average Bonchev–Trinajstić information content (AvgIpc) is 3.29. The zero-order chi connectivity index (χ0) is 44.3. The van der Waals surface area contributed by atoms with E-state index >= 15 is 0 Å². The van der Waals surface area contributed by atoms with E-state index in [0.717, 1.165) is 97.6 Å². The van der Waals surface area contributed by atoms with Gasteiger partial charge in [-0.05, 0) is 240 Å². The number of nitrogens with zero attached hydrogens (tertiary/aromatic N) is 2. The number of benzene rings is 3. The zero-order valence-corrected chi connectivity index (χ0v) is 38.6. The van der Waals surface area contributed by atoms with Crippen molar-refractivity contribution in [2.45, 2.75) is 155 Å². The summed E-state index contributed by atoms with van der Waals surface area (Å²) in [5.41, 5.74) is 18.6. The van der Waals surface area contributed by atoms with Crippen molar-refractivity contribution in [2.24, 2.45) is 0 Å². The molecule has 2 aromatic heterocycles. The van der Waals surface area contributed by atoms with Crippen LogP contribution in [0.5, 0.6) is 23.0 Å². The Labute approximate surface area is 381 Å². The highest BCUT2D eigenvalue weighted by Crippen LogP contribution is 2.49. The van der Waals surface area contributed by atoms with Crippen molar-refractivity contribution in [3.8, 4) is 56.6 Å². The number of phenols is 2. The molecule has 0 bridgehead atoms. The monoisotopic (exact) mass is 855 g/mol. The van der Waals surface area contributed by atoms with E-state index in [9.17, 15) is 10.2 Å². The van der Waals surface area contributed by atoms with E-state index in [-0.39, 0.29) is 23.7 Å². The number of rotatable bonds is 10. The summed E-state index contributed by atoms with van der Waals surface area (Å²) in [5, 5.41) is 24.6. The van der Waals surface area contributed by atoms with Gasteiger partial charge in [0, 0.05) is 41.1 Å². The Hall–Kier alpha value is -5.62. The van der Waals surface area contributed by atoms with Crippen LogP contribution < -0.4 is 9.47 Å². The fourth-order valence-electron chi connectivity index (χ4n) is 11.2. The van der Waals surface area contributed by atoms with Crippen LogP contribution in [0.15, 0.2) is 96.4 Å². The van der Waals surface area contributed by atoms with Gasteiger partial charge in [-0.15, -0.1) is 0 Å². The van der Waals surface area contributed by atoms with E-state index in [1.165, 1.54) is 83.9 Å². The Balaban J connectivity index is 0.982. The molecule has 1 fully saturated rings. The molecule has 1 unspecified atom stereocenters.